The smallest absolute Gasteiger partial charge is 0.338 e. The van der Waals surface area contributed by atoms with Gasteiger partial charge in [0.1, 0.15) is 5.75 Å². The fourth-order valence-electron chi connectivity index (χ4n) is 2.86. The molecule has 1 amide bonds. The van der Waals surface area contributed by atoms with Crippen LogP contribution in [0.2, 0.25) is 0 Å². The molecule has 0 spiro atoms. The number of carbonyl (C=O) groups is 2. The van der Waals surface area contributed by atoms with E-state index in [-0.39, 0.29) is 5.91 Å². The molecule has 0 saturated carbocycles. The average Bonchev–Trinajstić information content (AvgIpc) is 2.67. The van der Waals surface area contributed by atoms with E-state index in [1.165, 1.54) is 14.2 Å². The predicted octanol–water partition coefficient (Wildman–Crippen LogP) is 4.20. The zero-order chi connectivity index (χ0) is 18.7. The van der Waals surface area contributed by atoms with E-state index in [1.54, 1.807) is 31.2 Å². The SMILES string of the molecule is COC(=O)c1cccc(NC(=O)c2cc3ccccc3cc2OC)c1C. The van der Waals surface area contributed by atoms with Gasteiger partial charge in [-0.3, -0.25) is 4.79 Å². The molecule has 26 heavy (non-hydrogen) atoms. The molecule has 3 aromatic rings. The molecule has 1 N–H and O–H groups in total. The first kappa shape index (κ1) is 17.5. The summed E-state index contributed by atoms with van der Waals surface area (Å²) in [6.45, 7) is 1.76. The Kier molecular flexibility index (Phi) is 4.89. The molecular weight excluding hydrogens is 330 g/mol. The number of benzene rings is 3. The zero-order valence-corrected chi connectivity index (χ0v) is 14.8. The van der Waals surface area contributed by atoms with Crippen molar-refractivity contribution in [2.75, 3.05) is 19.5 Å². The van der Waals surface area contributed by atoms with Crippen molar-refractivity contribution in [2.45, 2.75) is 6.92 Å². The van der Waals surface area contributed by atoms with E-state index >= 15 is 0 Å². The van der Waals surface area contributed by atoms with Gasteiger partial charge >= 0.3 is 5.97 Å². The third-order valence-electron chi connectivity index (χ3n) is 4.30. The number of esters is 1. The van der Waals surface area contributed by atoms with Crippen LogP contribution in [0.3, 0.4) is 0 Å². The highest BCUT2D eigenvalue weighted by Crippen LogP contribution is 2.28. The highest BCUT2D eigenvalue weighted by atomic mass is 16.5. The minimum absolute atomic E-state index is 0.308. The standard InChI is InChI=1S/C21H19NO4/c1-13-16(21(24)26-3)9-6-10-18(13)22-20(23)17-11-14-7-4-5-8-15(14)12-19(17)25-2/h4-12H,1-3H3,(H,22,23). The molecule has 3 aromatic carbocycles. The normalized spacial score (nSPS) is 10.4. The van der Waals surface area contributed by atoms with Gasteiger partial charge in [0, 0.05) is 5.69 Å². The van der Waals surface area contributed by atoms with Gasteiger partial charge in [-0.05, 0) is 47.5 Å². The molecule has 0 fully saturated rings. The largest absolute Gasteiger partial charge is 0.496 e. The average molecular weight is 349 g/mol. The lowest BCUT2D eigenvalue weighted by Crippen LogP contribution is -2.15. The van der Waals surface area contributed by atoms with Crippen molar-refractivity contribution >= 4 is 28.3 Å². The quantitative estimate of drug-likeness (QED) is 0.717. The maximum absolute atomic E-state index is 12.8. The maximum Gasteiger partial charge on any atom is 0.338 e. The van der Waals surface area contributed by atoms with Gasteiger partial charge in [-0.1, -0.05) is 30.3 Å². The van der Waals surface area contributed by atoms with Crippen molar-refractivity contribution in [1.29, 1.82) is 0 Å². The summed E-state index contributed by atoms with van der Waals surface area (Å²) < 4.78 is 10.2. The first-order valence-corrected chi connectivity index (χ1v) is 8.11. The first-order valence-electron chi connectivity index (χ1n) is 8.11. The van der Waals surface area contributed by atoms with Crippen molar-refractivity contribution in [3.05, 3.63) is 71.3 Å². The molecule has 0 aliphatic heterocycles. The highest BCUT2D eigenvalue weighted by Gasteiger charge is 2.17. The summed E-state index contributed by atoms with van der Waals surface area (Å²) in [7, 11) is 2.86. The molecule has 0 radical (unpaired) electrons. The Morgan fingerprint density at radius 2 is 1.58 bits per heavy atom. The van der Waals surface area contributed by atoms with Crippen LogP contribution in [0.1, 0.15) is 26.3 Å². The molecule has 0 saturated heterocycles. The Balaban J connectivity index is 1.98. The predicted molar refractivity (Wildman–Crippen MR) is 101 cm³/mol. The molecule has 3 rings (SSSR count). The van der Waals surface area contributed by atoms with Crippen LogP contribution in [0.4, 0.5) is 5.69 Å². The molecule has 5 heteroatoms. The number of ether oxygens (including phenoxy) is 2. The molecule has 0 aliphatic carbocycles. The Labute approximate surface area is 151 Å². The van der Waals surface area contributed by atoms with Crippen LogP contribution < -0.4 is 10.1 Å². The summed E-state index contributed by atoms with van der Waals surface area (Å²) in [6, 6.07) is 16.5. The van der Waals surface area contributed by atoms with Gasteiger partial charge in [0.25, 0.3) is 5.91 Å². The number of fused-ring (bicyclic) bond motifs is 1. The number of hydrogen-bond acceptors (Lipinski definition) is 4. The molecule has 0 heterocycles. The Hall–Kier alpha value is -3.34. The van der Waals surface area contributed by atoms with Crippen molar-refractivity contribution < 1.29 is 19.1 Å². The van der Waals surface area contributed by atoms with E-state index in [1.807, 2.05) is 30.3 Å². The van der Waals surface area contributed by atoms with E-state index in [0.717, 1.165) is 10.8 Å². The lowest BCUT2D eigenvalue weighted by Gasteiger charge is -2.14. The van der Waals surface area contributed by atoms with Gasteiger partial charge in [0.15, 0.2) is 0 Å². The number of rotatable bonds is 4. The van der Waals surface area contributed by atoms with E-state index < -0.39 is 5.97 Å². The summed E-state index contributed by atoms with van der Waals surface area (Å²) in [6.07, 6.45) is 0. The van der Waals surface area contributed by atoms with Crippen LogP contribution >= 0.6 is 0 Å². The van der Waals surface area contributed by atoms with Gasteiger partial charge in [-0.2, -0.15) is 0 Å². The molecular formula is C21H19NO4. The topological polar surface area (TPSA) is 64.6 Å². The summed E-state index contributed by atoms with van der Waals surface area (Å²) in [5.41, 5.74) is 2.03. The van der Waals surface area contributed by atoms with Crippen molar-refractivity contribution in [2.24, 2.45) is 0 Å². The molecule has 0 atom stereocenters. The minimum atomic E-state index is -0.443. The fraction of sp³-hybridized carbons (Fsp3) is 0.143. The van der Waals surface area contributed by atoms with Gasteiger partial charge < -0.3 is 14.8 Å². The molecule has 0 unspecified atom stereocenters. The number of nitrogens with one attached hydrogen (secondary N) is 1. The van der Waals surface area contributed by atoms with Crippen LogP contribution in [0.15, 0.2) is 54.6 Å². The Morgan fingerprint density at radius 1 is 0.885 bits per heavy atom. The number of carbonyl (C=O) groups excluding carboxylic acids is 2. The van der Waals surface area contributed by atoms with Crippen molar-refractivity contribution in [3.8, 4) is 5.75 Å². The van der Waals surface area contributed by atoms with Crippen molar-refractivity contribution in [3.63, 3.8) is 0 Å². The Bertz CT molecular complexity index is 994. The number of hydrogen-bond donors (Lipinski definition) is 1. The zero-order valence-electron chi connectivity index (χ0n) is 14.8. The molecule has 5 nitrogen and oxygen atoms in total. The van der Waals surface area contributed by atoms with Gasteiger partial charge in [-0.15, -0.1) is 0 Å². The monoisotopic (exact) mass is 349 g/mol. The summed E-state index contributed by atoms with van der Waals surface area (Å²) in [5.74, 6) is -0.262. The van der Waals surface area contributed by atoms with Gasteiger partial charge in [0.2, 0.25) is 0 Å². The second-order valence-corrected chi connectivity index (χ2v) is 5.82. The third kappa shape index (κ3) is 3.24. The van der Waals surface area contributed by atoms with Gasteiger partial charge in [-0.25, -0.2) is 4.79 Å². The Morgan fingerprint density at radius 3 is 2.23 bits per heavy atom. The summed E-state index contributed by atoms with van der Waals surface area (Å²) in [5, 5.41) is 4.79. The second-order valence-electron chi connectivity index (χ2n) is 5.82. The number of anilines is 1. The lowest BCUT2D eigenvalue weighted by atomic mass is 10.0. The second kappa shape index (κ2) is 7.27. The van der Waals surface area contributed by atoms with Crippen LogP contribution in [0.5, 0.6) is 5.75 Å². The lowest BCUT2D eigenvalue weighted by molar-refractivity contribution is 0.0599. The van der Waals surface area contributed by atoms with E-state index in [4.69, 9.17) is 9.47 Å². The first-order chi connectivity index (χ1) is 12.5. The molecule has 0 bridgehead atoms. The van der Waals surface area contributed by atoms with Gasteiger partial charge in [0.05, 0.1) is 25.3 Å². The minimum Gasteiger partial charge on any atom is -0.496 e. The maximum atomic E-state index is 12.8. The molecule has 0 aromatic heterocycles. The number of amides is 1. The van der Waals surface area contributed by atoms with E-state index in [2.05, 4.69) is 5.32 Å². The van der Waals surface area contributed by atoms with E-state index in [9.17, 15) is 9.59 Å². The van der Waals surface area contributed by atoms with E-state index in [0.29, 0.717) is 28.1 Å². The van der Waals surface area contributed by atoms with Crippen LogP contribution in [0.25, 0.3) is 10.8 Å². The highest BCUT2D eigenvalue weighted by molar-refractivity contribution is 6.09. The summed E-state index contributed by atoms with van der Waals surface area (Å²) in [4.78, 5) is 24.7. The third-order valence-corrected chi connectivity index (χ3v) is 4.30. The number of methoxy groups -OCH3 is 2. The van der Waals surface area contributed by atoms with Crippen LogP contribution in [0, 0.1) is 6.92 Å². The van der Waals surface area contributed by atoms with Crippen LogP contribution in [-0.2, 0) is 4.74 Å². The molecule has 0 aliphatic rings. The van der Waals surface area contributed by atoms with Crippen LogP contribution in [-0.4, -0.2) is 26.1 Å². The fourth-order valence-corrected chi connectivity index (χ4v) is 2.86. The summed E-state index contributed by atoms with van der Waals surface area (Å²) >= 11 is 0. The molecule has 132 valence electrons. The van der Waals surface area contributed by atoms with Crippen molar-refractivity contribution in [1.82, 2.24) is 0 Å².